The minimum atomic E-state index is -0.404. The summed E-state index contributed by atoms with van der Waals surface area (Å²) in [5.74, 6) is 1.55. The molecule has 0 radical (unpaired) electrons. The molecule has 33 heavy (non-hydrogen) atoms. The van der Waals surface area contributed by atoms with Gasteiger partial charge in [-0.05, 0) is 74.2 Å². The van der Waals surface area contributed by atoms with E-state index in [1.165, 1.54) is 16.0 Å². The molecule has 1 N–H and O–H groups in total. The average molecular weight is 473 g/mol. The number of amides is 1. The number of thiophene rings is 1. The smallest absolute Gasteiger partial charge is 0.237 e. The number of ether oxygens (including phenoxy) is 1. The molecule has 3 rings (SSSR count). The van der Waals surface area contributed by atoms with Gasteiger partial charge in [0.05, 0.1) is 18.7 Å². The van der Waals surface area contributed by atoms with Crippen LogP contribution in [0.3, 0.4) is 0 Å². The van der Waals surface area contributed by atoms with E-state index in [4.69, 9.17) is 4.74 Å². The highest BCUT2D eigenvalue weighted by Crippen LogP contribution is 2.34. The van der Waals surface area contributed by atoms with E-state index in [0.717, 1.165) is 30.7 Å². The van der Waals surface area contributed by atoms with E-state index in [1.54, 1.807) is 11.3 Å². The van der Waals surface area contributed by atoms with E-state index in [9.17, 15) is 9.90 Å². The summed E-state index contributed by atoms with van der Waals surface area (Å²) in [6.07, 6.45) is 2.19. The first-order valence-electron chi connectivity index (χ1n) is 12.2. The number of rotatable bonds is 11. The Hall–Kier alpha value is -1.89. The number of hydrogen-bond acceptors (Lipinski definition) is 5. The molecule has 1 aliphatic heterocycles. The summed E-state index contributed by atoms with van der Waals surface area (Å²) in [6.45, 7) is 13.4. The molecule has 0 spiro atoms. The molecular formula is C27H40N2O3S. The standard InChI is InChI=1S/C27H40N2O3S/c1-6-22(30)16-28(12-9-19(2)3)17-27(31)29-13-10-26-23(11-14-33-26)24(29)18-32-25-8-7-20(4)15-21(25)5/h7-8,11,14-15,19,22,24,30H,6,9-10,12-13,16-18H2,1-5H3/t22-,24+/m0/s1. The molecule has 0 saturated carbocycles. The van der Waals surface area contributed by atoms with Gasteiger partial charge in [0.15, 0.2) is 0 Å². The highest BCUT2D eigenvalue weighted by molar-refractivity contribution is 7.10. The largest absolute Gasteiger partial charge is 0.491 e. The fraction of sp³-hybridized carbons (Fsp3) is 0.593. The fourth-order valence-corrected chi connectivity index (χ4v) is 5.32. The van der Waals surface area contributed by atoms with E-state index in [1.807, 2.05) is 17.9 Å². The van der Waals surface area contributed by atoms with Gasteiger partial charge < -0.3 is 14.7 Å². The fourth-order valence-electron chi connectivity index (χ4n) is 4.39. The van der Waals surface area contributed by atoms with E-state index < -0.39 is 6.10 Å². The Labute approximate surface area is 203 Å². The number of aryl methyl sites for hydroxylation is 2. The number of aliphatic hydroxyl groups excluding tert-OH is 1. The number of carbonyl (C=O) groups excluding carboxylic acids is 1. The summed E-state index contributed by atoms with van der Waals surface area (Å²) < 4.78 is 6.26. The molecule has 0 fully saturated rings. The van der Waals surface area contributed by atoms with Crippen molar-refractivity contribution < 1.29 is 14.6 Å². The molecule has 5 nitrogen and oxygen atoms in total. The van der Waals surface area contributed by atoms with Gasteiger partial charge in [-0.15, -0.1) is 11.3 Å². The van der Waals surface area contributed by atoms with Gasteiger partial charge in [-0.2, -0.15) is 0 Å². The minimum Gasteiger partial charge on any atom is -0.491 e. The number of aliphatic hydroxyl groups is 1. The van der Waals surface area contributed by atoms with Crippen LogP contribution in [-0.4, -0.2) is 59.7 Å². The molecule has 1 aromatic carbocycles. The van der Waals surface area contributed by atoms with E-state index in [0.29, 0.717) is 38.6 Å². The van der Waals surface area contributed by atoms with Gasteiger partial charge >= 0.3 is 0 Å². The Kier molecular flexibility index (Phi) is 9.36. The minimum absolute atomic E-state index is 0.0868. The van der Waals surface area contributed by atoms with Crippen molar-refractivity contribution in [2.45, 2.75) is 66.0 Å². The zero-order valence-corrected chi connectivity index (χ0v) is 21.7. The predicted molar refractivity (Wildman–Crippen MR) is 136 cm³/mol. The van der Waals surface area contributed by atoms with Crippen LogP contribution in [-0.2, 0) is 11.2 Å². The van der Waals surface area contributed by atoms with Crippen molar-refractivity contribution in [1.29, 1.82) is 0 Å². The zero-order chi connectivity index (χ0) is 24.0. The molecule has 2 heterocycles. The molecule has 0 unspecified atom stereocenters. The van der Waals surface area contributed by atoms with Crippen LogP contribution in [0.15, 0.2) is 29.6 Å². The van der Waals surface area contributed by atoms with Gasteiger partial charge in [-0.1, -0.05) is 38.5 Å². The maximum absolute atomic E-state index is 13.5. The highest BCUT2D eigenvalue weighted by Gasteiger charge is 2.33. The summed E-state index contributed by atoms with van der Waals surface area (Å²) in [7, 11) is 0. The molecule has 2 aromatic rings. The zero-order valence-electron chi connectivity index (χ0n) is 20.8. The number of fused-ring (bicyclic) bond motifs is 1. The SMILES string of the molecule is CC[C@H](O)CN(CCC(C)C)CC(=O)N1CCc2sccc2[C@H]1COc1ccc(C)cc1C. The van der Waals surface area contributed by atoms with Crippen LogP contribution in [0.4, 0.5) is 0 Å². The first-order valence-corrected chi connectivity index (χ1v) is 13.1. The highest BCUT2D eigenvalue weighted by atomic mass is 32.1. The maximum atomic E-state index is 13.5. The molecule has 1 aromatic heterocycles. The van der Waals surface area contributed by atoms with E-state index in [2.05, 4.69) is 56.2 Å². The predicted octanol–water partition coefficient (Wildman–Crippen LogP) is 4.99. The first-order chi connectivity index (χ1) is 15.8. The third-order valence-electron chi connectivity index (χ3n) is 6.46. The Morgan fingerprint density at radius 1 is 1.30 bits per heavy atom. The topological polar surface area (TPSA) is 53.0 Å². The van der Waals surface area contributed by atoms with Crippen molar-refractivity contribution in [2.24, 2.45) is 5.92 Å². The Balaban J connectivity index is 1.74. The summed E-state index contributed by atoms with van der Waals surface area (Å²) in [6, 6.07) is 8.27. The number of carbonyl (C=O) groups is 1. The monoisotopic (exact) mass is 472 g/mol. The van der Waals surface area contributed by atoms with Gasteiger partial charge in [-0.25, -0.2) is 0 Å². The lowest BCUT2D eigenvalue weighted by Crippen LogP contribution is -2.48. The summed E-state index contributed by atoms with van der Waals surface area (Å²) in [5, 5.41) is 12.4. The Bertz CT molecular complexity index is 911. The molecule has 6 heteroatoms. The van der Waals surface area contributed by atoms with Crippen LogP contribution in [0.1, 0.15) is 61.2 Å². The normalized spacial score (nSPS) is 16.8. The molecule has 0 bridgehead atoms. The van der Waals surface area contributed by atoms with Crippen molar-refractivity contribution in [3.63, 3.8) is 0 Å². The van der Waals surface area contributed by atoms with Crippen molar-refractivity contribution in [3.8, 4) is 5.75 Å². The second-order valence-corrected chi connectivity index (χ2v) is 10.7. The van der Waals surface area contributed by atoms with Crippen LogP contribution < -0.4 is 4.74 Å². The van der Waals surface area contributed by atoms with Crippen molar-refractivity contribution in [2.75, 3.05) is 32.8 Å². The molecule has 1 aliphatic rings. The van der Waals surface area contributed by atoms with Crippen molar-refractivity contribution >= 4 is 17.2 Å². The lowest BCUT2D eigenvalue weighted by molar-refractivity contribution is -0.136. The van der Waals surface area contributed by atoms with Crippen LogP contribution >= 0.6 is 11.3 Å². The van der Waals surface area contributed by atoms with Crippen molar-refractivity contribution in [1.82, 2.24) is 9.80 Å². The van der Waals surface area contributed by atoms with Gasteiger partial charge in [0.1, 0.15) is 12.4 Å². The Morgan fingerprint density at radius 2 is 2.09 bits per heavy atom. The van der Waals surface area contributed by atoms with Crippen LogP contribution in [0.5, 0.6) is 5.75 Å². The quantitative estimate of drug-likeness (QED) is 0.501. The molecule has 2 atom stereocenters. The molecular weight excluding hydrogens is 432 g/mol. The number of benzene rings is 1. The number of hydrogen-bond donors (Lipinski definition) is 1. The molecule has 0 aliphatic carbocycles. The second-order valence-electron chi connectivity index (χ2n) is 9.71. The Morgan fingerprint density at radius 3 is 2.79 bits per heavy atom. The van der Waals surface area contributed by atoms with E-state index in [-0.39, 0.29) is 11.9 Å². The summed E-state index contributed by atoms with van der Waals surface area (Å²) in [5.41, 5.74) is 3.54. The lowest BCUT2D eigenvalue weighted by atomic mass is 10.00. The van der Waals surface area contributed by atoms with E-state index >= 15 is 0 Å². The maximum Gasteiger partial charge on any atom is 0.237 e. The number of nitrogens with zero attached hydrogens (tertiary/aromatic N) is 2. The third kappa shape index (κ3) is 7.05. The molecule has 182 valence electrons. The average Bonchev–Trinajstić information content (AvgIpc) is 3.25. The summed E-state index contributed by atoms with van der Waals surface area (Å²) in [4.78, 5) is 19.0. The van der Waals surface area contributed by atoms with Gasteiger partial charge in [0.25, 0.3) is 0 Å². The van der Waals surface area contributed by atoms with Gasteiger partial charge in [0, 0.05) is 18.0 Å². The second kappa shape index (κ2) is 12.0. The van der Waals surface area contributed by atoms with Crippen LogP contribution in [0.2, 0.25) is 0 Å². The lowest BCUT2D eigenvalue weighted by Gasteiger charge is -2.37. The van der Waals surface area contributed by atoms with Crippen LogP contribution in [0.25, 0.3) is 0 Å². The van der Waals surface area contributed by atoms with Crippen LogP contribution in [0, 0.1) is 19.8 Å². The molecule has 0 saturated heterocycles. The molecule has 1 amide bonds. The van der Waals surface area contributed by atoms with Gasteiger partial charge in [-0.3, -0.25) is 9.69 Å². The third-order valence-corrected chi connectivity index (χ3v) is 7.46. The first kappa shape index (κ1) is 25.7. The van der Waals surface area contributed by atoms with Crippen molar-refractivity contribution in [3.05, 3.63) is 51.2 Å². The van der Waals surface area contributed by atoms with Gasteiger partial charge in [0.2, 0.25) is 5.91 Å². The summed E-state index contributed by atoms with van der Waals surface area (Å²) >= 11 is 1.77.